The fourth-order valence-corrected chi connectivity index (χ4v) is 6.62. The van der Waals surface area contributed by atoms with E-state index < -0.39 is 83.9 Å². The minimum Gasteiger partial charge on any atom is -0.508 e. The normalized spacial score (nSPS) is 27.0. The number of aromatic hydroxyl groups is 1. The Labute approximate surface area is 346 Å². The van der Waals surface area contributed by atoms with E-state index in [0.29, 0.717) is 24.0 Å². The van der Waals surface area contributed by atoms with Gasteiger partial charge in [0.2, 0.25) is 11.8 Å². The molecule has 1 fully saturated rings. The van der Waals surface area contributed by atoms with Gasteiger partial charge >= 0.3 is 11.9 Å². The predicted molar refractivity (Wildman–Crippen MR) is 220 cm³/mol. The van der Waals surface area contributed by atoms with E-state index in [1.807, 2.05) is 0 Å². The van der Waals surface area contributed by atoms with Crippen molar-refractivity contribution in [1.82, 2.24) is 21.1 Å². The Morgan fingerprint density at radius 3 is 2.51 bits per heavy atom. The molecule has 2 aliphatic rings. The lowest BCUT2D eigenvalue weighted by atomic mass is 9.84. The topological polar surface area (TPSA) is 221 Å². The van der Waals surface area contributed by atoms with E-state index >= 15 is 0 Å². The van der Waals surface area contributed by atoms with Crippen molar-refractivity contribution < 1.29 is 53.6 Å². The summed E-state index contributed by atoms with van der Waals surface area (Å²) in [6.45, 7) is 11.8. The third-order valence-electron chi connectivity index (χ3n) is 10.2. The minimum absolute atomic E-state index is 0.0335. The van der Waals surface area contributed by atoms with Crippen LogP contribution in [0.15, 0.2) is 85.0 Å². The number of hydrazine groups is 1. The molecule has 1 aromatic carbocycles. The van der Waals surface area contributed by atoms with Crippen LogP contribution in [0.3, 0.4) is 0 Å². The van der Waals surface area contributed by atoms with Crippen molar-refractivity contribution in [2.45, 2.75) is 110 Å². The number of aliphatic hydroxyl groups excluding tert-OH is 2. The maximum Gasteiger partial charge on any atom is 0.331 e. The van der Waals surface area contributed by atoms with Gasteiger partial charge in [-0.1, -0.05) is 82.0 Å². The number of esters is 2. The number of fused-ring (bicyclic) bond motifs is 2. The van der Waals surface area contributed by atoms with Crippen molar-refractivity contribution in [3.05, 3.63) is 90.6 Å². The molecule has 1 aromatic rings. The summed E-state index contributed by atoms with van der Waals surface area (Å²) in [6.07, 6.45) is 9.39. The summed E-state index contributed by atoms with van der Waals surface area (Å²) in [4.78, 5) is 80.0. The number of carbonyl (C=O) groups is 6. The van der Waals surface area contributed by atoms with Gasteiger partial charge in [-0.15, -0.1) is 0 Å². The second-order valence-electron chi connectivity index (χ2n) is 15.3. The molecule has 15 nitrogen and oxygen atoms in total. The Kier molecular flexibility index (Phi) is 19.4. The Morgan fingerprint density at radius 1 is 1.08 bits per heavy atom. The number of aliphatic hydroxyl groups is 2. The Bertz CT molecular complexity index is 1770. The fourth-order valence-electron chi connectivity index (χ4n) is 6.62. The van der Waals surface area contributed by atoms with Crippen molar-refractivity contribution in [3.63, 3.8) is 0 Å². The Balaban J connectivity index is 2.07. The molecule has 8 unspecified atom stereocenters. The van der Waals surface area contributed by atoms with Gasteiger partial charge in [0.15, 0.2) is 0 Å². The molecule has 0 aliphatic carbocycles. The number of hydrogen-bond acceptors (Lipinski definition) is 12. The zero-order chi connectivity index (χ0) is 43.6. The van der Waals surface area contributed by atoms with E-state index in [1.165, 1.54) is 48.4 Å². The summed E-state index contributed by atoms with van der Waals surface area (Å²) in [5.41, 5.74) is 4.09. The molecule has 0 aromatic heterocycles. The van der Waals surface area contributed by atoms with E-state index in [1.54, 1.807) is 64.1 Å². The highest BCUT2D eigenvalue weighted by Crippen LogP contribution is 2.24. The number of carbonyl (C=O) groups excluding carboxylic acids is 6. The summed E-state index contributed by atoms with van der Waals surface area (Å²) in [7, 11) is 0. The molecule has 6 N–H and O–H groups in total. The molecule has 8 atom stereocenters. The number of allylic oxidation sites excluding steroid dienone is 4. The average molecular weight is 821 g/mol. The predicted octanol–water partition coefficient (Wildman–Crippen LogP) is 3.06. The van der Waals surface area contributed by atoms with Crippen LogP contribution in [0.1, 0.15) is 72.3 Å². The van der Waals surface area contributed by atoms with Gasteiger partial charge < -0.3 is 40.2 Å². The lowest BCUT2D eigenvalue weighted by Gasteiger charge is -2.36. The molecule has 2 bridgehead atoms. The van der Waals surface area contributed by atoms with Crippen molar-refractivity contribution >= 4 is 35.4 Å². The SMILES string of the molecule is C=CCOC(=O)C=CC=C(C)C1CC=CC=CC(O)C(C)C(O)C(CCC(C)=O)C(=O)NC(C(C)C)C(=O)NC(Cc2cccc(O)c2)C(=O)N2CCCC(N2)C(=O)O1. The highest BCUT2D eigenvalue weighted by Gasteiger charge is 2.38. The van der Waals surface area contributed by atoms with Crippen LogP contribution in [0.5, 0.6) is 5.75 Å². The number of nitrogens with one attached hydrogen (secondary N) is 3. The third-order valence-corrected chi connectivity index (χ3v) is 10.2. The smallest absolute Gasteiger partial charge is 0.331 e. The van der Waals surface area contributed by atoms with Crippen LogP contribution >= 0.6 is 0 Å². The fraction of sp³-hybridized carbons (Fsp3) is 0.500. The van der Waals surface area contributed by atoms with E-state index in [-0.39, 0.29) is 50.4 Å². The summed E-state index contributed by atoms with van der Waals surface area (Å²) in [6, 6.07) is 2.86. The van der Waals surface area contributed by atoms with Gasteiger partial charge in [-0.05, 0) is 62.3 Å². The van der Waals surface area contributed by atoms with Crippen molar-refractivity contribution in [1.29, 1.82) is 0 Å². The molecule has 322 valence electrons. The molecule has 0 spiro atoms. The molecule has 2 heterocycles. The maximum absolute atomic E-state index is 14.3. The first-order valence-corrected chi connectivity index (χ1v) is 20.0. The molecule has 0 saturated carbocycles. The molecular formula is C44H60N4O11. The number of phenolic OH excluding ortho intramolecular Hbond substituents is 1. The van der Waals surface area contributed by atoms with Gasteiger partial charge in [-0.3, -0.25) is 24.2 Å². The highest BCUT2D eigenvalue weighted by molar-refractivity contribution is 5.93. The number of ketones is 1. The van der Waals surface area contributed by atoms with Gasteiger partial charge in [0.1, 0.15) is 42.4 Å². The van der Waals surface area contributed by atoms with Gasteiger partial charge in [0.25, 0.3) is 5.91 Å². The number of ether oxygens (including phenoxy) is 2. The quantitative estimate of drug-likeness (QED) is 0.0822. The monoisotopic (exact) mass is 820 g/mol. The lowest BCUT2D eigenvalue weighted by Crippen LogP contribution is -2.62. The lowest BCUT2D eigenvalue weighted by molar-refractivity contribution is -0.156. The first-order valence-electron chi connectivity index (χ1n) is 20.0. The number of nitrogens with zero attached hydrogens (tertiary/aromatic N) is 1. The van der Waals surface area contributed by atoms with Gasteiger partial charge in [0, 0.05) is 37.8 Å². The molecule has 15 heteroatoms. The maximum atomic E-state index is 14.3. The van der Waals surface area contributed by atoms with Gasteiger partial charge in [-0.25, -0.2) is 10.2 Å². The highest BCUT2D eigenvalue weighted by atomic mass is 16.5. The van der Waals surface area contributed by atoms with Crippen LogP contribution in [0.4, 0.5) is 0 Å². The largest absolute Gasteiger partial charge is 0.508 e. The Hall–Kier alpha value is -5.38. The average Bonchev–Trinajstić information content (AvgIpc) is 3.19. The number of rotatable bonds is 11. The first kappa shape index (κ1) is 48.0. The second-order valence-corrected chi connectivity index (χ2v) is 15.3. The van der Waals surface area contributed by atoms with Crippen LogP contribution in [0.2, 0.25) is 0 Å². The molecule has 2 aliphatic heterocycles. The number of hydrogen-bond donors (Lipinski definition) is 6. The number of phenols is 1. The second kappa shape index (κ2) is 23.9. The summed E-state index contributed by atoms with van der Waals surface area (Å²) < 4.78 is 11.0. The van der Waals surface area contributed by atoms with Gasteiger partial charge in [0.05, 0.1) is 18.1 Å². The van der Waals surface area contributed by atoms with Crippen LogP contribution < -0.4 is 16.1 Å². The van der Waals surface area contributed by atoms with E-state index in [0.717, 1.165) is 0 Å². The number of cyclic esters (lactones) is 1. The molecule has 59 heavy (non-hydrogen) atoms. The van der Waals surface area contributed by atoms with Crippen LogP contribution in [-0.2, 0) is 44.7 Å². The first-order chi connectivity index (χ1) is 28.0. The zero-order valence-electron chi connectivity index (χ0n) is 34.5. The standard InChI is InChI=1S/C44H60N4O11/c1-7-24-58-38(52)20-11-14-28(4)37-19-10-8-9-18-36(51)30(6)40(53)33(22-21-29(5)49)41(54)46-39(27(2)3)42(55)45-35(26-31-15-12-16-32(50)25-31)43(56)48-23-13-17-34(47-48)44(57)59-37/h7-12,14-16,18,20,25,27,30,33-37,39-40,47,50-51,53H,1,13,17,19,21-24,26H2,2-6H3,(H,45,55)(H,46,54). The molecule has 0 radical (unpaired) electrons. The van der Waals surface area contributed by atoms with E-state index in [9.17, 15) is 44.1 Å². The van der Waals surface area contributed by atoms with Crippen molar-refractivity contribution in [3.8, 4) is 5.75 Å². The molecule has 1 saturated heterocycles. The molecule has 3 rings (SSSR count). The van der Waals surface area contributed by atoms with E-state index in [2.05, 4.69) is 22.6 Å². The summed E-state index contributed by atoms with van der Waals surface area (Å²) in [5.74, 6) is -6.03. The number of Topliss-reactive ketones (excluding diaryl/α,β-unsaturated/α-hetero) is 1. The summed E-state index contributed by atoms with van der Waals surface area (Å²) in [5, 5.41) is 39.5. The van der Waals surface area contributed by atoms with E-state index in [4.69, 9.17) is 9.47 Å². The molecule has 3 amide bonds. The van der Waals surface area contributed by atoms with Crippen LogP contribution in [-0.4, -0.2) is 105 Å². The van der Waals surface area contributed by atoms with Crippen LogP contribution in [0.25, 0.3) is 0 Å². The van der Waals surface area contributed by atoms with Crippen LogP contribution in [0, 0.1) is 17.8 Å². The third kappa shape index (κ3) is 15.4. The molecular weight excluding hydrogens is 761 g/mol. The van der Waals surface area contributed by atoms with Crippen molar-refractivity contribution in [2.24, 2.45) is 17.8 Å². The minimum atomic E-state index is -1.43. The van der Waals surface area contributed by atoms with Crippen molar-refractivity contribution in [2.75, 3.05) is 13.2 Å². The summed E-state index contributed by atoms with van der Waals surface area (Å²) >= 11 is 0. The number of amides is 3. The Morgan fingerprint density at radius 2 is 1.83 bits per heavy atom. The number of benzene rings is 1. The zero-order valence-corrected chi connectivity index (χ0v) is 34.5. The van der Waals surface area contributed by atoms with Gasteiger partial charge in [-0.2, -0.15) is 0 Å².